The van der Waals surface area contributed by atoms with Crippen molar-refractivity contribution in [3.63, 3.8) is 0 Å². The molecule has 1 aliphatic heterocycles. The molecular formula is C17H16N8O. The van der Waals surface area contributed by atoms with E-state index in [4.69, 9.17) is 4.52 Å². The number of nitrogens with zero attached hydrogens (tertiary/aromatic N) is 7. The molecule has 0 amide bonds. The average Bonchev–Trinajstić information content (AvgIpc) is 3.38. The zero-order valence-electron chi connectivity index (χ0n) is 13.9. The first-order valence-electron chi connectivity index (χ1n) is 8.52. The zero-order chi connectivity index (χ0) is 17.3. The lowest BCUT2D eigenvalue weighted by molar-refractivity contribution is 0.329. The standard InChI is InChI=1S/C17H16N8O/c1-2-6-18-12(3-1)14-23-17(26-24-14)11-4-7-25(8-5-11)16-13-15(20-9-19-13)21-10-22-16/h1-3,6,9-11H,4-5,7-8H2,(H,19,20,21,22). The summed E-state index contributed by atoms with van der Waals surface area (Å²) in [6.45, 7) is 1.72. The number of aromatic amines is 1. The molecule has 1 N–H and O–H groups in total. The van der Waals surface area contributed by atoms with Gasteiger partial charge in [-0.05, 0) is 25.0 Å². The molecule has 0 radical (unpaired) electrons. The second kappa shape index (κ2) is 6.17. The highest BCUT2D eigenvalue weighted by molar-refractivity contribution is 5.82. The van der Waals surface area contributed by atoms with E-state index in [9.17, 15) is 0 Å². The van der Waals surface area contributed by atoms with Crippen molar-refractivity contribution in [3.05, 3.63) is 42.9 Å². The number of rotatable bonds is 3. The molecule has 1 fully saturated rings. The Bertz CT molecular complexity index is 1020. The van der Waals surface area contributed by atoms with E-state index in [0.29, 0.717) is 17.4 Å². The fourth-order valence-electron chi connectivity index (χ4n) is 3.33. The predicted octanol–water partition coefficient (Wildman–Crippen LogP) is 2.18. The van der Waals surface area contributed by atoms with Gasteiger partial charge in [0.2, 0.25) is 11.7 Å². The fraction of sp³-hybridized carbons (Fsp3) is 0.294. The summed E-state index contributed by atoms with van der Waals surface area (Å²) in [7, 11) is 0. The van der Waals surface area contributed by atoms with Gasteiger partial charge in [-0.2, -0.15) is 4.98 Å². The van der Waals surface area contributed by atoms with Crippen LogP contribution in [0.4, 0.5) is 5.82 Å². The quantitative estimate of drug-likeness (QED) is 0.600. The van der Waals surface area contributed by atoms with E-state index in [1.807, 2.05) is 18.2 Å². The number of imidazole rings is 1. The van der Waals surface area contributed by atoms with Crippen LogP contribution in [0.25, 0.3) is 22.7 Å². The maximum Gasteiger partial charge on any atom is 0.230 e. The van der Waals surface area contributed by atoms with E-state index in [1.165, 1.54) is 0 Å². The summed E-state index contributed by atoms with van der Waals surface area (Å²) < 4.78 is 5.50. The second-order valence-electron chi connectivity index (χ2n) is 6.23. The van der Waals surface area contributed by atoms with Gasteiger partial charge in [0.25, 0.3) is 0 Å². The molecule has 130 valence electrons. The van der Waals surface area contributed by atoms with Gasteiger partial charge in [0, 0.05) is 25.2 Å². The van der Waals surface area contributed by atoms with Crippen molar-refractivity contribution in [1.82, 2.24) is 35.1 Å². The van der Waals surface area contributed by atoms with Crippen LogP contribution in [-0.2, 0) is 0 Å². The first-order valence-corrected chi connectivity index (χ1v) is 8.52. The Morgan fingerprint density at radius 1 is 1.08 bits per heavy atom. The molecule has 5 heterocycles. The van der Waals surface area contributed by atoms with Gasteiger partial charge in [0.15, 0.2) is 11.5 Å². The molecule has 5 rings (SSSR count). The number of pyridine rings is 1. The first-order chi connectivity index (χ1) is 12.9. The third kappa shape index (κ3) is 2.57. The molecule has 0 saturated carbocycles. The van der Waals surface area contributed by atoms with Crippen molar-refractivity contribution in [3.8, 4) is 11.5 Å². The first kappa shape index (κ1) is 14.9. The Balaban J connectivity index is 1.32. The highest BCUT2D eigenvalue weighted by Crippen LogP contribution is 2.31. The number of H-pyrrole nitrogens is 1. The smallest absolute Gasteiger partial charge is 0.230 e. The zero-order valence-corrected chi connectivity index (χ0v) is 13.9. The molecule has 4 aromatic rings. The monoisotopic (exact) mass is 348 g/mol. The highest BCUT2D eigenvalue weighted by Gasteiger charge is 2.27. The Morgan fingerprint density at radius 2 is 2.00 bits per heavy atom. The van der Waals surface area contributed by atoms with E-state index in [1.54, 1.807) is 18.9 Å². The van der Waals surface area contributed by atoms with Crippen molar-refractivity contribution in [1.29, 1.82) is 0 Å². The minimum atomic E-state index is 0.246. The van der Waals surface area contributed by atoms with Gasteiger partial charge in [-0.3, -0.25) is 4.98 Å². The van der Waals surface area contributed by atoms with Crippen LogP contribution in [0.2, 0.25) is 0 Å². The minimum absolute atomic E-state index is 0.246. The SMILES string of the molecule is c1ccc(-c2noc(C3CCN(c4ncnc5nc[nH]c45)CC3)n2)nc1. The number of fused-ring (bicyclic) bond motifs is 1. The van der Waals surface area contributed by atoms with Gasteiger partial charge < -0.3 is 14.4 Å². The third-order valence-electron chi connectivity index (χ3n) is 4.68. The number of hydrogen-bond acceptors (Lipinski definition) is 8. The van der Waals surface area contributed by atoms with Crippen LogP contribution in [-0.4, -0.2) is 48.2 Å². The van der Waals surface area contributed by atoms with Crippen molar-refractivity contribution in [2.75, 3.05) is 18.0 Å². The van der Waals surface area contributed by atoms with Gasteiger partial charge in [-0.25, -0.2) is 15.0 Å². The van der Waals surface area contributed by atoms with E-state index in [2.05, 4.69) is 40.0 Å². The van der Waals surface area contributed by atoms with Crippen LogP contribution >= 0.6 is 0 Å². The highest BCUT2D eigenvalue weighted by atomic mass is 16.5. The van der Waals surface area contributed by atoms with Crippen LogP contribution in [0.15, 0.2) is 41.6 Å². The Hall–Kier alpha value is -3.36. The molecule has 0 spiro atoms. The topological polar surface area (TPSA) is 110 Å². The molecule has 9 nitrogen and oxygen atoms in total. The van der Waals surface area contributed by atoms with Gasteiger partial charge >= 0.3 is 0 Å². The summed E-state index contributed by atoms with van der Waals surface area (Å²) in [5, 5.41) is 4.08. The van der Waals surface area contributed by atoms with Crippen molar-refractivity contribution < 1.29 is 4.52 Å². The summed E-state index contributed by atoms with van der Waals surface area (Å²) in [6, 6.07) is 5.65. The largest absolute Gasteiger partial charge is 0.355 e. The minimum Gasteiger partial charge on any atom is -0.355 e. The fourth-order valence-corrected chi connectivity index (χ4v) is 3.33. The molecule has 0 unspecified atom stereocenters. The molecule has 26 heavy (non-hydrogen) atoms. The molecule has 0 aromatic carbocycles. The maximum absolute atomic E-state index is 5.50. The Morgan fingerprint density at radius 3 is 2.85 bits per heavy atom. The summed E-state index contributed by atoms with van der Waals surface area (Å²) in [5.41, 5.74) is 2.29. The lowest BCUT2D eigenvalue weighted by atomic mass is 9.97. The number of anilines is 1. The average molecular weight is 348 g/mol. The van der Waals surface area contributed by atoms with Crippen LogP contribution in [0.3, 0.4) is 0 Å². The molecule has 1 aliphatic rings. The second-order valence-corrected chi connectivity index (χ2v) is 6.23. The van der Waals surface area contributed by atoms with Gasteiger partial charge in [0.05, 0.1) is 6.33 Å². The molecule has 9 heteroatoms. The van der Waals surface area contributed by atoms with E-state index in [0.717, 1.165) is 43.0 Å². The lowest BCUT2D eigenvalue weighted by Crippen LogP contribution is -2.33. The van der Waals surface area contributed by atoms with Crippen LogP contribution < -0.4 is 4.90 Å². The van der Waals surface area contributed by atoms with Gasteiger partial charge in [-0.15, -0.1) is 0 Å². The Labute approximate surface area is 148 Å². The van der Waals surface area contributed by atoms with Crippen molar-refractivity contribution in [2.45, 2.75) is 18.8 Å². The van der Waals surface area contributed by atoms with Crippen LogP contribution in [0.1, 0.15) is 24.7 Å². The van der Waals surface area contributed by atoms with Gasteiger partial charge in [-0.1, -0.05) is 11.2 Å². The molecule has 1 saturated heterocycles. The number of aromatic nitrogens is 7. The summed E-state index contributed by atoms with van der Waals surface area (Å²) >= 11 is 0. The van der Waals surface area contributed by atoms with Crippen LogP contribution in [0.5, 0.6) is 0 Å². The summed E-state index contributed by atoms with van der Waals surface area (Å²) in [4.78, 5) is 27.0. The van der Waals surface area contributed by atoms with Crippen molar-refractivity contribution in [2.24, 2.45) is 0 Å². The van der Waals surface area contributed by atoms with Crippen molar-refractivity contribution >= 4 is 17.0 Å². The predicted molar refractivity (Wildman–Crippen MR) is 93.4 cm³/mol. The van der Waals surface area contributed by atoms with Crippen LogP contribution in [0, 0.1) is 0 Å². The van der Waals surface area contributed by atoms with Gasteiger partial charge in [0.1, 0.15) is 17.5 Å². The normalized spacial score (nSPS) is 15.6. The maximum atomic E-state index is 5.50. The van der Waals surface area contributed by atoms with E-state index < -0.39 is 0 Å². The Kier molecular flexibility index (Phi) is 3.55. The third-order valence-corrected chi connectivity index (χ3v) is 4.68. The summed E-state index contributed by atoms with van der Waals surface area (Å²) in [5.74, 6) is 2.36. The van der Waals surface area contributed by atoms with E-state index in [-0.39, 0.29) is 5.92 Å². The molecule has 0 bridgehead atoms. The number of hydrogen-bond donors (Lipinski definition) is 1. The van der Waals surface area contributed by atoms with E-state index >= 15 is 0 Å². The number of nitrogens with one attached hydrogen (secondary N) is 1. The lowest BCUT2D eigenvalue weighted by Gasteiger charge is -2.31. The molecule has 0 aliphatic carbocycles. The molecule has 4 aromatic heterocycles. The molecular weight excluding hydrogens is 332 g/mol. The molecule has 0 atom stereocenters. The number of piperidine rings is 1. The summed E-state index contributed by atoms with van der Waals surface area (Å²) in [6.07, 6.45) is 6.77.